The summed E-state index contributed by atoms with van der Waals surface area (Å²) in [7, 11) is 0. The molecule has 6 nitrogen and oxygen atoms in total. The Hall–Kier alpha value is -1.50. The molecule has 1 amide bonds. The number of hydrogen-bond donors (Lipinski definition) is 1. The average Bonchev–Trinajstić information content (AvgIpc) is 2.77. The van der Waals surface area contributed by atoms with Crippen LogP contribution in [0, 0.1) is 0 Å². The number of nitrogens with zero attached hydrogens (tertiary/aromatic N) is 3. The van der Waals surface area contributed by atoms with Crippen molar-refractivity contribution in [2.75, 3.05) is 6.54 Å². The monoisotopic (exact) mass is 243 g/mol. The van der Waals surface area contributed by atoms with Crippen molar-refractivity contribution < 1.29 is 14.7 Å². The summed E-state index contributed by atoms with van der Waals surface area (Å²) in [6, 6.07) is -0.134. The van der Waals surface area contributed by atoms with Crippen molar-refractivity contribution in [2.45, 2.75) is 26.3 Å². The molecule has 1 N–H and O–H groups in total. The van der Waals surface area contributed by atoms with Crippen LogP contribution in [-0.2, 0) is 4.79 Å². The van der Waals surface area contributed by atoms with Crippen molar-refractivity contribution in [2.24, 2.45) is 0 Å². The van der Waals surface area contributed by atoms with Gasteiger partial charge in [0.05, 0.1) is 0 Å². The molecule has 7 heteroatoms. The van der Waals surface area contributed by atoms with E-state index in [1.165, 1.54) is 10.3 Å². The number of rotatable bonds is 5. The quantitative estimate of drug-likeness (QED) is 0.829. The summed E-state index contributed by atoms with van der Waals surface area (Å²) < 4.78 is 3.59. The van der Waals surface area contributed by atoms with Crippen LogP contribution in [0.5, 0.6) is 0 Å². The minimum absolute atomic E-state index is 0.134. The number of hydrogen-bond acceptors (Lipinski definition) is 5. The summed E-state index contributed by atoms with van der Waals surface area (Å²) in [5.41, 5.74) is 0.201. The summed E-state index contributed by atoms with van der Waals surface area (Å²) in [6.07, 6.45) is 0.691. The van der Waals surface area contributed by atoms with Crippen LogP contribution in [-0.4, -0.2) is 44.1 Å². The molecule has 0 fully saturated rings. The van der Waals surface area contributed by atoms with E-state index in [0.717, 1.165) is 11.5 Å². The Morgan fingerprint density at radius 2 is 2.31 bits per heavy atom. The first-order valence-electron chi connectivity index (χ1n) is 4.86. The van der Waals surface area contributed by atoms with Gasteiger partial charge in [0.2, 0.25) is 0 Å². The maximum absolute atomic E-state index is 11.9. The second-order valence-corrected chi connectivity index (χ2v) is 3.98. The Labute approximate surface area is 97.1 Å². The van der Waals surface area contributed by atoms with Gasteiger partial charge in [0.1, 0.15) is 6.54 Å². The van der Waals surface area contributed by atoms with Gasteiger partial charge in [-0.05, 0) is 24.9 Å². The SMILES string of the molecule is CCC(C)N(CC(=O)O)C(=O)c1csnn1. The normalized spacial score (nSPS) is 12.1. The van der Waals surface area contributed by atoms with Crippen LogP contribution in [0.3, 0.4) is 0 Å². The molecule has 1 unspecified atom stereocenters. The van der Waals surface area contributed by atoms with E-state index in [4.69, 9.17) is 5.11 Å². The molecule has 1 heterocycles. The van der Waals surface area contributed by atoms with Crippen LogP contribution in [0.15, 0.2) is 5.38 Å². The predicted octanol–water partition coefficient (Wildman–Crippen LogP) is 0.863. The second kappa shape index (κ2) is 5.55. The zero-order valence-electron chi connectivity index (χ0n) is 9.08. The lowest BCUT2D eigenvalue weighted by Gasteiger charge is -2.25. The third kappa shape index (κ3) is 2.99. The van der Waals surface area contributed by atoms with E-state index in [1.807, 2.05) is 6.92 Å². The Kier molecular flexibility index (Phi) is 4.36. The fourth-order valence-electron chi connectivity index (χ4n) is 1.20. The maximum Gasteiger partial charge on any atom is 0.323 e. The van der Waals surface area contributed by atoms with Gasteiger partial charge < -0.3 is 10.0 Å². The molecule has 16 heavy (non-hydrogen) atoms. The minimum Gasteiger partial charge on any atom is -0.480 e. The summed E-state index contributed by atoms with van der Waals surface area (Å²) in [5.74, 6) is -1.41. The van der Waals surface area contributed by atoms with Gasteiger partial charge in [0.25, 0.3) is 5.91 Å². The Morgan fingerprint density at radius 3 is 2.75 bits per heavy atom. The number of carbonyl (C=O) groups is 2. The van der Waals surface area contributed by atoms with Gasteiger partial charge in [-0.3, -0.25) is 9.59 Å². The number of amides is 1. The third-order valence-corrected chi connectivity index (χ3v) is 2.77. The van der Waals surface area contributed by atoms with Crippen LogP contribution < -0.4 is 0 Å². The second-order valence-electron chi connectivity index (χ2n) is 3.37. The summed E-state index contributed by atoms with van der Waals surface area (Å²) in [4.78, 5) is 23.9. The first kappa shape index (κ1) is 12.6. The standard InChI is InChI=1S/C9H13N3O3S/c1-3-6(2)12(4-8(13)14)9(15)7-5-16-11-10-7/h5-6H,3-4H2,1-2H3,(H,13,14). The molecule has 0 aliphatic heterocycles. The van der Waals surface area contributed by atoms with Gasteiger partial charge in [0.15, 0.2) is 5.69 Å². The molecule has 0 aromatic carbocycles. The van der Waals surface area contributed by atoms with Crippen molar-refractivity contribution in [3.63, 3.8) is 0 Å². The van der Waals surface area contributed by atoms with E-state index >= 15 is 0 Å². The largest absolute Gasteiger partial charge is 0.480 e. The summed E-state index contributed by atoms with van der Waals surface area (Å²) in [5, 5.41) is 13.9. The molecule has 0 radical (unpaired) electrons. The van der Waals surface area contributed by atoms with Crippen LogP contribution in [0.4, 0.5) is 0 Å². The van der Waals surface area contributed by atoms with E-state index in [1.54, 1.807) is 6.92 Å². The molecule has 1 atom stereocenters. The number of aromatic nitrogens is 2. The van der Waals surface area contributed by atoms with E-state index in [-0.39, 0.29) is 24.2 Å². The van der Waals surface area contributed by atoms with E-state index in [2.05, 4.69) is 9.59 Å². The molecule has 88 valence electrons. The Bertz CT molecular complexity index is 366. The van der Waals surface area contributed by atoms with Gasteiger partial charge in [-0.15, -0.1) is 5.10 Å². The summed E-state index contributed by atoms with van der Waals surface area (Å²) in [6.45, 7) is 3.39. The van der Waals surface area contributed by atoms with Crippen LogP contribution in [0.1, 0.15) is 30.8 Å². The molecule has 0 aliphatic carbocycles. The van der Waals surface area contributed by atoms with Gasteiger partial charge in [0, 0.05) is 11.4 Å². The Balaban J connectivity index is 2.84. The highest BCUT2D eigenvalue weighted by Crippen LogP contribution is 2.09. The number of carboxylic acid groups (broad SMARTS) is 1. The van der Waals surface area contributed by atoms with Crippen LogP contribution >= 0.6 is 11.5 Å². The molecule has 0 aliphatic rings. The zero-order valence-corrected chi connectivity index (χ0v) is 9.90. The summed E-state index contributed by atoms with van der Waals surface area (Å²) >= 11 is 1.07. The van der Waals surface area contributed by atoms with Crippen molar-refractivity contribution in [3.05, 3.63) is 11.1 Å². The fraction of sp³-hybridized carbons (Fsp3) is 0.556. The highest BCUT2D eigenvalue weighted by molar-refractivity contribution is 7.03. The van der Waals surface area contributed by atoms with Crippen LogP contribution in [0.25, 0.3) is 0 Å². The first-order chi connectivity index (χ1) is 7.56. The highest BCUT2D eigenvalue weighted by Gasteiger charge is 2.24. The molecule has 1 rings (SSSR count). The van der Waals surface area contributed by atoms with Gasteiger partial charge in [-0.2, -0.15) is 0 Å². The lowest BCUT2D eigenvalue weighted by Crippen LogP contribution is -2.42. The van der Waals surface area contributed by atoms with Gasteiger partial charge in [-0.25, -0.2) is 0 Å². The van der Waals surface area contributed by atoms with E-state index < -0.39 is 5.97 Å². The first-order valence-corrected chi connectivity index (χ1v) is 5.69. The molecule has 0 bridgehead atoms. The predicted molar refractivity (Wildman–Crippen MR) is 58.3 cm³/mol. The molecule has 1 aromatic rings. The third-order valence-electron chi connectivity index (χ3n) is 2.27. The number of carbonyl (C=O) groups excluding carboxylic acids is 1. The molecule has 0 saturated heterocycles. The maximum atomic E-state index is 11.9. The van der Waals surface area contributed by atoms with Crippen molar-refractivity contribution in [3.8, 4) is 0 Å². The van der Waals surface area contributed by atoms with Crippen molar-refractivity contribution in [1.82, 2.24) is 14.5 Å². The van der Waals surface area contributed by atoms with E-state index in [0.29, 0.717) is 6.42 Å². The van der Waals surface area contributed by atoms with E-state index in [9.17, 15) is 9.59 Å². The van der Waals surface area contributed by atoms with Crippen molar-refractivity contribution >= 4 is 23.4 Å². The topological polar surface area (TPSA) is 83.4 Å². The van der Waals surface area contributed by atoms with Gasteiger partial charge in [-0.1, -0.05) is 11.4 Å². The van der Waals surface area contributed by atoms with Crippen molar-refractivity contribution in [1.29, 1.82) is 0 Å². The zero-order chi connectivity index (χ0) is 12.1. The lowest BCUT2D eigenvalue weighted by molar-refractivity contribution is -0.138. The smallest absolute Gasteiger partial charge is 0.323 e. The Morgan fingerprint density at radius 1 is 1.62 bits per heavy atom. The van der Waals surface area contributed by atoms with Gasteiger partial charge >= 0.3 is 5.97 Å². The number of aliphatic carboxylic acids is 1. The van der Waals surface area contributed by atoms with Crippen LogP contribution in [0.2, 0.25) is 0 Å². The number of carboxylic acids is 1. The molecular weight excluding hydrogens is 230 g/mol. The fourth-order valence-corrected chi connectivity index (χ4v) is 1.63. The molecule has 0 saturated carbocycles. The molecule has 1 aromatic heterocycles. The molecule has 0 spiro atoms. The molecular formula is C9H13N3O3S. The minimum atomic E-state index is -1.03. The highest BCUT2D eigenvalue weighted by atomic mass is 32.1. The average molecular weight is 243 g/mol. The lowest BCUT2D eigenvalue weighted by atomic mass is 10.2.